The minimum atomic E-state index is 0.559. The Morgan fingerprint density at radius 1 is 0.290 bits per heavy atom. The highest BCUT2D eigenvalue weighted by Gasteiger charge is 2.22. The fourth-order valence-corrected chi connectivity index (χ4v) is 9.02. The zero-order valence-corrected chi connectivity index (χ0v) is 33.5. The van der Waals surface area contributed by atoms with Gasteiger partial charge in [-0.05, 0) is 41.0 Å². The maximum absolute atomic E-state index is 7.01. The van der Waals surface area contributed by atoms with Gasteiger partial charge in [-0.1, -0.05) is 194 Å². The first-order valence-corrected chi connectivity index (χ1v) is 20.9. The molecule has 0 aliphatic rings. The number of benzene rings is 9. The molecule has 0 saturated carbocycles. The van der Waals surface area contributed by atoms with Crippen LogP contribution in [0.25, 0.3) is 117 Å². The molecule has 0 aliphatic carbocycles. The molecule has 0 fully saturated rings. The number of furan rings is 1. The molecule has 0 spiro atoms. The summed E-state index contributed by atoms with van der Waals surface area (Å²) in [7, 11) is 0. The van der Waals surface area contributed by atoms with Crippen molar-refractivity contribution in [2.45, 2.75) is 0 Å². The number of hydrogen-bond acceptors (Lipinski definition) is 4. The molecule has 9 aromatic carbocycles. The zero-order chi connectivity index (χ0) is 41.0. The Morgan fingerprint density at radius 3 is 1.32 bits per heavy atom. The van der Waals surface area contributed by atoms with Gasteiger partial charge in [0.2, 0.25) is 0 Å². The molecule has 3 aromatic heterocycles. The predicted octanol–water partition coefficient (Wildman–Crippen LogP) is 14.9. The van der Waals surface area contributed by atoms with Gasteiger partial charge < -0.3 is 8.98 Å². The summed E-state index contributed by atoms with van der Waals surface area (Å²) in [5.74, 6) is 1.78. The molecule has 0 saturated heterocycles. The number of hydrogen-bond donors (Lipinski definition) is 0. The highest BCUT2D eigenvalue weighted by atomic mass is 16.3. The second-order valence-electron chi connectivity index (χ2n) is 15.5. The molecule has 12 aromatic rings. The van der Waals surface area contributed by atoms with Gasteiger partial charge in [-0.2, -0.15) is 0 Å². The lowest BCUT2D eigenvalue weighted by atomic mass is 9.95. The van der Waals surface area contributed by atoms with Crippen LogP contribution in [-0.4, -0.2) is 19.5 Å². The van der Waals surface area contributed by atoms with Crippen molar-refractivity contribution in [2.75, 3.05) is 0 Å². The Hall–Kier alpha value is -8.41. The van der Waals surface area contributed by atoms with E-state index in [0.717, 1.165) is 66.5 Å². The summed E-state index contributed by atoms with van der Waals surface area (Å²) >= 11 is 0. The van der Waals surface area contributed by atoms with E-state index >= 15 is 0 Å². The topological polar surface area (TPSA) is 56.7 Å². The molecule has 0 aliphatic heterocycles. The van der Waals surface area contributed by atoms with E-state index in [1.165, 1.54) is 33.0 Å². The van der Waals surface area contributed by atoms with Crippen molar-refractivity contribution in [3.8, 4) is 73.2 Å². The van der Waals surface area contributed by atoms with E-state index in [4.69, 9.17) is 19.4 Å². The van der Waals surface area contributed by atoms with Gasteiger partial charge in [0.05, 0.1) is 22.3 Å². The van der Waals surface area contributed by atoms with Crippen LogP contribution >= 0.6 is 0 Å². The van der Waals surface area contributed by atoms with Crippen molar-refractivity contribution in [3.63, 3.8) is 0 Å². The van der Waals surface area contributed by atoms with Gasteiger partial charge in [0.25, 0.3) is 0 Å². The van der Waals surface area contributed by atoms with Crippen molar-refractivity contribution in [2.24, 2.45) is 0 Å². The first-order chi connectivity index (χ1) is 30.8. The van der Waals surface area contributed by atoms with Crippen molar-refractivity contribution >= 4 is 43.7 Å². The first-order valence-electron chi connectivity index (χ1n) is 20.9. The Labute approximate surface area is 357 Å². The van der Waals surface area contributed by atoms with Crippen LogP contribution in [0.3, 0.4) is 0 Å². The molecule has 290 valence electrons. The van der Waals surface area contributed by atoms with E-state index < -0.39 is 0 Å². The van der Waals surface area contributed by atoms with Crippen LogP contribution in [0.5, 0.6) is 0 Å². The summed E-state index contributed by atoms with van der Waals surface area (Å²) in [6, 6.07) is 76.4. The Morgan fingerprint density at radius 2 is 0.726 bits per heavy atom. The Bertz CT molecular complexity index is 3500. The molecule has 0 bridgehead atoms. The Kier molecular flexibility index (Phi) is 8.42. The zero-order valence-electron chi connectivity index (χ0n) is 33.5. The fraction of sp³-hybridized carbons (Fsp3) is 0. The lowest BCUT2D eigenvalue weighted by molar-refractivity contribution is 0.670. The minimum Gasteiger partial charge on any atom is -0.455 e. The van der Waals surface area contributed by atoms with Crippen molar-refractivity contribution in [1.82, 2.24) is 19.5 Å². The molecule has 0 unspecified atom stereocenters. The summed E-state index contributed by atoms with van der Waals surface area (Å²) in [5, 5.41) is 4.39. The number of rotatable bonds is 7. The molecule has 0 atom stereocenters. The van der Waals surface area contributed by atoms with Crippen LogP contribution in [0.2, 0.25) is 0 Å². The van der Waals surface area contributed by atoms with E-state index in [9.17, 15) is 0 Å². The van der Waals surface area contributed by atoms with Gasteiger partial charge in [0.15, 0.2) is 17.5 Å². The normalized spacial score (nSPS) is 11.5. The molecule has 5 heteroatoms. The third-order valence-electron chi connectivity index (χ3n) is 11.9. The first kappa shape index (κ1) is 35.5. The monoisotopic (exact) mass is 792 g/mol. The minimum absolute atomic E-state index is 0.559. The van der Waals surface area contributed by atoms with Crippen LogP contribution < -0.4 is 0 Å². The SMILES string of the molecule is c1ccc(-c2nc(-c3ccccc3)nc(-c3cccc4c3oc3c(-c5ccc6c(c5)c5ccccc5n6-c5c(-c6ccccc6)cccc5-c5ccccc5)cccc34)n2)cc1. The maximum atomic E-state index is 7.01. The van der Waals surface area contributed by atoms with E-state index in [2.05, 4.69) is 156 Å². The largest absolute Gasteiger partial charge is 0.455 e. The van der Waals surface area contributed by atoms with Gasteiger partial charge >= 0.3 is 0 Å². The second kappa shape index (κ2) is 14.7. The summed E-state index contributed by atoms with van der Waals surface area (Å²) in [5.41, 5.74) is 14.4. The van der Waals surface area contributed by atoms with E-state index in [1.807, 2.05) is 66.7 Å². The van der Waals surface area contributed by atoms with Crippen LogP contribution in [0.15, 0.2) is 223 Å². The van der Waals surface area contributed by atoms with Gasteiger partial charge in [-0.3, -0.25) is 0 Å². The number of nitrogens with zero attached hydrogens (tertiary/aromatic N) is 4. The molecular formula is C57H36N4O. The van der Waals surface area contributed by atoms with Crippen LogP contribution in [0.4, 0.5) is 0 Å². The van der Waals surface area contributed by atoms with Gasteiger partial charge in [0, 0.05) is 49.4 Å². The fourth-order valence-electron chi connectivity index (χ4n) is 9.02. The third-order valence-corrected chi connectivity index (χ3v) is 11.9. The molecule has 0 amide bonds. The molecule has 0 N–H and O–H groups in total. The lowest BCUT2D eigenvalue weighted by Gasteiger charge is -2.19. The summed E-state index contributed by atoms with van der Waals surface area (Å²) < 4.78 is 9.47. The Balaban J connectivity index is 1.05. The van der Waals surface area contributed by atoms with Crippen LogP contribution in [0.1, 0.15) is 0 Å². The average molecular weight is 793 g/mol. The summed E-state index contributed by atoms with van der Waals surface area (Å²) in [6.45, 7) is 0. The molecule has 5 nitrogen and oxygen atoms in total. The maximum Gasteiger partial charge on any atom is 0.167 e. The van der Waals surface area contributed by atoms with E-state index in [0.29, 0.717) is 17.5 Å². The summed E-state index contributed by atoms with van der Waals surface area (Å²) in [4.78, 5) is 15.0. The highest BCUT2D eigenvalue weighted by Crippen LogP contribution is 2.44. The van der Waals surface area contributed by atoms with Crippen LogP contribution in [-0.2, 0) is 0 Å². The average Bonchev–Trinajstić information content (AvgIpc) is 3.90. The second-order valence-corrected chi connectivity index (χ2v) is 15.5. The number of aromatic nitrogens is 4. The molecule has 62 heavy (non-hydrogen) atoms. The third kappa shape index (κ3) is 5.90. The quantitative estimate of drug-likeness (QED) is 0.161. The van der Waals surface area contributed by atoms with E-state index in [1.54, 1.807) is 0 Å². The lowest BCUT2D eigenvalue weighted by Crippen LogP contribution is -2.00. The standard InChI is InChI=1S/C57H36N4O/c1-5-18-37(19-6-1)42-27-15-28-43(38-20-7-2-8-21-38)52(42)61-50-33-14-13-26-45(50)49-36-41(34-35-51(49)61)44-29-16-30-46-47-31-17-32-48(54(47)62-53(44)46)57-59-55(39-22-9-3-10-23-39)58-56(60-57)40-24-11-4-12-25-40/h1-36H. The number of para-hydroxylation sites is 4. The van der Waals surface area contributed by atoms with E-state index in [-0.39, 0.29) is 0 Å². The summed E-state index contributed by atoms with van der Waals surface area (Å²) in [6.07, 6.45) is 0. The van der Waals surface area contributed by atoms with Gasteiger partial charge in [0.1, 0.15) is 11.2 Å². The highest BCUT2D eigenvalue weighted by molar-refractivity contribution is 6.15. The smallest absolute Gasteiger partial charge is 0.167 e. The van der Waals surface area contributed by atoms with Crippen molar-refractivity contribution < 1.29 is 4.42 Å². The molecule has 0 radical (unpaired) electrons. The van der Waals surface area contributed by atoms with Gasteiger partial charge in [-0.15, -0.1) is 0 Å². The molecule has 12 rings (SSSR count). The molecule has 3 heterocycles. The van der Waals surface area contributed by atoms with Crippen LogP contribution in [0, 0.1) is 0 Å². The molecular weight excluding hydrogens is 757 g/mol. The van der Waals surface area contributed by atoms with Gasteiger partial charge in [-0.25, -0.2) is 15.0 Å². The van der Waals surface area contributed by atoms with Crippen molar-refractivity contribution in [1.29, 1.82) is 0 Å². The predicted molar refractivity (Wildman–Crippen MR) is 254 cm³/mol. The number of fused-ring (bicyclic) bond motifs is 6. The van der Waals surface area contributed by atoms with Crippen molar-refractivity contribution in [3.05, 3.63) is 218 Å².